The molecule has 0 aromatic carbocycles. The number of aliphatic carboxylic acids is 1. The first-order valence-corrected chi connectivity index (χ1v) is 34.8. The van der Waals surface area contributed by atoms with Crippen molar-refractivity contribution in [1.82, 2.24) is 0 Å². The number of ether oxygens (including phenoxy) is 4. The van der Waals surface area contributed by atoms with Gasteiger partial charge in [0, 0.05) is 12.8 Å². The summed E-state index contributed by atoms with van der Waals surface area (Å²) in [4.78, 5) is 37.5. The van der Waals surface area contributed by atoms with Crippen molar-refractivity contribution >= 4 is 17.9 Å². The summed E-state index contributed by atoms with van der Waals surface area (Å²) in [6.07, 6.45) is 78.4. The molecular weight excluding hydrogens is 1010 g/mol. The van der Waals surface area contributed by atoms with Gasteiger partial charge in [-0.15, -0.1) is 0 Å². The lowest BCUT2D eigenvalue weighted by Crippen LogP contribution is -2.40. The van der Waals surface area contributed by atoms with E-state index >= 15 is 0 Å². The van der Waals surface area contributed by atoms with Crippen LogP contribution in [0.2, 0.25) is 0 Å². The van der Waals surface area contributed by atoms with Crippen molar-refractivity contribution in [3.63, 3.8) is 0 Å². The molecule has 0 aliphatic heterocycles. The van der Waals surface area contributed by atoms with Crippen LogP contribution < -0.4 is 0 Å². The second-order valence-corrected chi connectivity index (χ2v) is 24.8. The lowest BCUT2D eigenvalue weighted by Gasteiger charge is -2.25. The van der Waals surface area contributed by atoms with E-state index in [-0.39, 0.29) is 32.2 Å². The fourth-order valence-electron chi connectivity index (χ4n) is 10.3. The molecule has 9 nitrogen and oxygen atoms in total. The third-order valence-corrected chi connectivity index (χ3v) is 15.6. The van der Waals surface area contributed by atoms with E-state index < -0.39 is 24.3 Å². The summed E-state index contributed by atoms with van der Waals surface area (Å²) in [6.45, 7) is 4.78. The van der Waals surface area contributed by atoms with Crippen LogP contribution in [0.25, 0.3) is 0 Å². The summed E-state index contributed by atoms with van der Waals surface area (Å²) in [5, 5.41) is 9.72. The average Bonchev–Trinajstić information content (AvgIpc) is 3.44. The molecule has 0 aromatic rings. The monoisotopic (exact) mass is 1140 g/mol. The first-order valence-electron chi connectivity index (χ1n) is 34.8. The fourth-order valence-corrected chi connectivity index (χ4v) is 10.3. The summed E-state index contributed by atoms with van der Waals surface area (Å²) in [5.74, 6) is -2.02. The lowest BCUT2D eigenvalue weighted by atomic mass is 10.0. The van der Waals surface area contributed by atoms with Gasteiger partial charge in [0.1, 0.15) is 13.2 Å². The zero-order chi connectivity index (χ0) is 59.1. The van der Waals surface area contributed by atoms with Crippen LogP contribution in [0.4, 0.5) is 0 Å². The molecule has 0 saturated heterocycles. The van der Waals surface area contributed by atoms with Crippen LogP contribution in [0.5, 0.6) is 0 Å². The minimum Gasteiger partial charge on any atom is -0.477 e. The van der Waals surface area contributed by atoms with Crippen molar-refractivity contribution in [2.45, 2.75) is 347 Å². The van der Waals surface area contributed by atoms with Crippen molar-refractivity contribution in [3.8, 4) is 0 Å². The second kappa shape index (κ2) is 63.3. The first kappa shape index (κ1) is 78.2. The Morgan fingerprint density at radius 1 is 0.383 bits per heavy atom. The van der Waals surface area contributed by atoms with E-state index in [1.807, 2.05) is 21.1 Å². The van der Waals surface area contributed by atoms with E-state index in [4.69, 9.17) is 18.9 Å². The Morgan fingerprint density at radius 3 is 1.05 bits per heavy atom. The number of esters is 2. The number of hydrogen-bond acceptors (Lipinski definition) is 7. The minimum absolute atomic E-state index is 0.183. The number of carboxylic acid groups (broad SMARTS) is 1. The molecule has 0 aliphatic rings. The standard InChI is InChI=1S/C72H133NO8/c1-6-8-10-12-14-16-18-20-22-24-25-26-27-28-29-30-31-32-33-34-35-36-37-38-39-40-41-42-43-44-45-47-48-50-52-54-56-58-60-62-69(74)79-66-68(67-80-72(71(76)77)78-65-64-73(3,4)5)81-70(75)63-61-59-57-55-53-51-49-46-23-21-19-17-15-13-11-9-7-2/h9,11,15,17,21,23,49,51,68,72H,6-8,10,12-14,16,18-20,22,24-48,50,52-67H2,1-5H3/p+1/b11-9-,17-15-,23-21-,51-49-. The van der Waals surface area contributed by atoms with Crippen LogP contribution in [-0.2, 0) is 33.3 Å². The highest BCUT2D eigenvalue weighted by molar-refractivity contribution is 5.71. The molecule has 81 heavy (non-hydrogen) atoms. The Morgan fingerprint density at radius 2 is 0.704 bits per heavy atom. The Labute approximate surface area is 502 Å². The van der Waals surface area contributed by atoms with Gasteiger partial charge in [0.05, 0.1) is 34.4 Å². The van der Waals surface area contributed by atoms with Gasteiger partial charge in [-0.1, -0.05) is 319 Å². The Bertz CT molecular complexity index is 1470. The molecule has 0 bridgehead atoms. The predicted octanol–water partition coefficient (Wildman–Crippen LogP) is 21.4. The van der Waals surface area contributed by atoms with Crippen LogP contribution in [0, 0.1) is 0 Å². The quantitative estimate of drug-likeness (QED) is 0.0211. The highest BCUT2D eigenvalue weighted by Crippen LogP contribution is 2.19. The van der Waals surface area contributed by atoms with E-state index in [9.17, 15) is 19.5 Å². The van der Waals surface area contributed by atoms with Crippen molar-refractivity contribution in [2.24, 2.45) is 0 Å². The molecule has 2 unspecified atom stereocenters. The highest BCUT2D eigenvalue weighted by atomic mass is 16.7. The largest absolute Gasteiger partial charge is 0.477 e. The number of carbonyl (C=O) groups excluding carboxylic acids is 2. The van der Waals surface area contributed by atoms with E-state index in [1.54, 1.807) is 0 Å². The Hall–Kier alpha value is -2.75. The van der Waals surface area contributed by atoms with E-state index in [2.05, 4.69) is 62.5 Å². The highest BCUT2D eigenvalue weighted by Gasteiger charge is 2.25. The van der Waals surface area contributed by atoms with Crippen LogP contribution in [0.1, 0.15) is 335 Å². The van der Waals surface area contributed by atoms with Crippen LogP contribution in [0.3, 0.4) is 0 Å². The number of unbranched alkanes of at least 4 members (excludes halogenated alkanes) is 42. The summed E-state index contributed by atoms with van der Waals surface area (Å²) < 4.78 is 22.9. The van der Waals surface area contributed by atoms with Crippen LogP contribution in [-0.4, -0.2) is 87.4 Å². The van der Waals surface area contributed by atoms with E-state index in [0.717, 1.165) is 70.6 Å². The molecular formula is C72H134NO8+. The topological polar surface area (TPSA) is 108 Å². The van der Waals surface area contributed by atoms with Gasteiger partial charge >= 0.3 is 17.9 Å². The normalized spacial score (nSPS) is 13.0. The molecule has 1 N–H and O–H groups in total. The number of likely N-dealkylation sites (N-methyl/N-ethyl adjacent to an activating group) is 1. The molecule has 0 radical (unpaired) electrons. The van der Waals surface area contributed by atoms with Gasteiger partial charge in [-0.3, -0.25) is 9.59 Å². The summed E-state index contributed by atoms with van der Waals surface area (Å²) in [5.41, 5.74) is 0. The van der Waals surface area contributed by atoms with Crippen LogP contribution >= 0.6 is 0 Å². The molecule has 0 saturated carbocycles. The molecule has 474 valence electrons. The molecule has 0 aliphatic carbocycles. The summed E-state index contributed by atoms with van der Waals surface area (Å²) >= 11 is 0. The Balaban J connectivity index is 3.93. The molecule has 0 fully saturated rings. The van der Waals surface area contributed by atoms with Crippen LogP contribution in [0.15, 0.2) is 48.6 Å². The molecule has 9 heteroatoms. The van der Waals surface area contributed by atoms with Gasteiger partial charge in [0.15, 0.2) is 6.10 Å². The lowest BCUT2D eigenvalue weighted by molar-refractivity contribution is -0.870. The maximum atomic E-state index is 12.9. The minimum atomic E-state index is -1.52. The maximum absolute atomic E-state index is 12.9. The Kier molecular flexibility index (Phi) is 61.1. The first-order chi connectivity index (χ1) is 39.6. The van der Waals surface area contributed by atoms with Gasteiger partial charge in [-0.05, 0) is 51.4 Å². The third-order valence-electron chi connectivity index (χ3n) is 15.6. The molecule has 0 aromatic heterocycles. The average molecular weight is 1140 g/mol. The summed E-state index contributed by atoms with van der Waals surface area (Å²) in [6, 6.07) is 0. The number of nitrogens with zero attached hydrogens (tertiary/aromatic N) is 1. The zero-order valence-corrected chi connectivity index (χ0v) is 54.2. The van der Waals surface area contributed by atoms with Gasteiger partial charge in [-0.25, -0.2) is 4.79 Å². The fraction of sp³-hybridized carbons (Fsp3) is 0.847. The number of carboxylic acids is 1. The molecule has 2 atom stereocenters. The van der Waals surface area contributed by atoms with Gasteiger partial charge in [0.2, 0.25) is 0 Å². The van der Waals surface area contributed by atoms with E-state index in [1.165, 1.54) is 231 Å². The van der Waals surface area contributed by atoms with Crippen molar-refractivity contribution in [3.05, 3.63) is 48.6 Å². The number of rotatable bonds is 65. The number of hydrogen-bond donors (Lipinski definition) is 1. The summed E-state index contributed by atoms with van der Waals surface area (Å²) in [7, 11) is 5.97. The zero-order valence-electron chi connectivity index (χ0n) is 54.2. The predicted molar refractivity (Wildman–Crippen MR) is 346 cm³/mol. The smallest absolute Gasteiger partial charge is 0.361 e. The van der Waals surface area contributed by atoms with Gasteiger partial charge < -0.3 is 28.5 Å². The molecule has 0 amide bonds. The second-order valence-electron chi connectivity index (χ2n) is 24.8. The van der Waals surface area contributed by atoms with Crippen molar-refractivity contribution in [2.75, 3.05) is 47.5 Å². The molecule has 0 spiro atoms. The van der Waals surface area contributed by atoms with Gasteiger partial charge in [0.25, 0.3) is 6.29 Å². The third kappa shape index (κ3) is 64.7. The SMILES string of the molecule is CC/C=C\C/C=C\C/C=C\C/C=C\CCCCCCC(=O)OC(COC(=O)CCCCCCCCCCCCCCCCCCCCCCCCCCCCCCCCCCCCCCCCC)COC(OCC[N+](C)(C)C)C(=O)O. The van der Waals surface area contributed by atoms with E-state index in [0.29, 0.717) is 23.9 Å². The molecule has 0 heterocycles. The number of quaternary nitrogens is 1. The number of carbonyl (C=O) groups is 3. The van der Waals surface area contributed by atoms with Gasteiger partial charge in [-0.2, -0.15) is 0 Å². The number of allylic oxidation sites excluding steroid dienone is 8. The van der Waals surface area contributed by atoms with Crippen molar-refractivity contribution in [1.29, 1.82) is 0 Å². The maximum Gasteiger partial charge on any atom is 0.361 e. The van der Waals surface area contributed by atoms with Crippen molar-refractivity contribution < 1.29 is 42.9 Å². The molecule has 0 rings (SSSR count).